The molecule has 4 N–H and O–H groups in total. The first-order valence-electron chi connectivity index (χ1n) is 10.8. The van der Waals surface area contributed by atoms with Crippen molar-refractivity contribution in [2.24, 2.45) is 5.73 Å². The summed E-state index contributed by atoms with van der Waals surface area (Å²) < 4.78 is 14.1. The topological polar surface area (TPSA) is 125 Å². The molecular weight excluding hydrogens is 451 g/mol. The molecule has 1 aliphatic carbocycles. The van der Waals surface area contributed by atoms with E-state index in [-0.39, 0.29) is 22.4 Å². The van der Waals surface area contributed by atoms with Gasteiger partial charge in [0.25, 0.3) is 5.91 Å². The molecule has 9 nitrogen and oxygen atoms in total. The number of benzene rings is 1. The average molecular weight is 475 g/mol. The number of rotatable bonds is 4. The van der Waals surface area contributed by atoms with Gasteiger partial charge in [0.1, 0.15) is 23.8 Å². The van der Waals surface area contributed by atoms with Crippen molar-refractivity contribution < 1.29 is 19.1 Å². The molecular formula is C22H24ClFN6O3. The van der Waals surface area contributed by atoms with Crippen LogP contribution in [0.15, 0.2) is 24.5 Å². The predicted molar refractivity (Wildman–Crippen MR) is 119 cm³/mol. The lowest BCUT2D eigenvalue weighted by molar-refractivity contribution is -0.155. The Hall–Kier alpha value is -2.82. The summed E-state index contributed by atoms with van der Waals surface area (Å²) in [6.45, 7) is 2.69. The molecule has 11 heteroatoms. The monoisotopic (exact) mass is 474 g/mol. The Labute approximate surface area is 194 Å². The Morgan fingerprint density at radius 1 is 1.39 bits per heavy atom. The second kappa shape index (κ2) is 7.61. The van der Waals surface area contributed by atoms with E-state index in [2.05, 4.69) is 20.2 Å². The van der Waals surface area contributed by atoms with Crippen molar-refractivity contribution >= 4 is 35.1 Å². The number of nitrogens with zero attached hydrogens (tertiary/aromatic N) is 4. The maximum Gasteiger partial charge on any atom is 0.261 e. The molecule has 3 heterocycles. The van der Waals surface area contributed by atoms with Gasteiger partial charge in [0.05, 0.1) is 16.5 Å². The standard InChI is InChI=1S/C22H24ClFN6O3/c1-12-16-17(28-19(12)31)26-11-27-18(16)29-6-7-30(21(10-29)4-5-21)20(32)22(33,9-25)13-2-3-14(23)15(24)8-13/h2-3,8,11-12,33H,4-7,9-10,25H2,1H3,(H,26,27,28,31)/t12?,22-/m0/s1. The second-order valence-corrected chi connectivity index (χ2v) is 9.37. The highest BCUT2D eigenvalue weighted by molar-refractivity contribution is 6.30. The zero-order chi connectivity index (χ0) is 23.5. The normalized spacial score (nSPS) is 22.7. The van der Waals surface area contributed by atoms with Gasteiger partial charge in [-0.2, -0.15) is 0 Å². The minimum Gasteiger partial charge on any atom is -0.374 e. The Bertz CT molecular complexity index is 1160. The summed E-state index contributed by atoms with van der Waals surface area (Å²) in [4.78, 5) is 38.1. The molecule has 174 valence electrons. The second-order valence-electron chi connectivity index (χ2n) is 8.97. The van der Waals surface area contributed by atoms with Crippen molar-refractivity contribution in [2.75, 3.05) is 36.4 Å². The summed E-state index contributed by atoms with van der Waals surface area (Å²) in [5.41, 5.74) is 4.11. The summed E-state index contributed by atoms with van der Waals surface area (Å²) >= 11 is 5.77. The number of hydrogen-bond acceptors (Lipinski definition) is 7. The van der Waals surface area contributed by atoms with E-state index in [9.17, 15) is 19.1 Å². The molecule has 1 aromatic heterocycles. The van der Waals surface area contributed by atoms with Crippen molar-refractivity contribution in [3.05, 3.63) is 46.5 Å². The molecule has 1 unspecified atom stereocenters. The van der Waals surface area contributed by atoms with Crippen LogP contribution < -0.4 is 16.0 Å². The quantitative estimate of drug-likeness (QED) is 0.611. The third-order valence-electron chi connectivity index (χ3n) is 7.00. The van der Waals surface area contributed by atoms with Crippen LogP contribution in [0.1, 0.15) is 36.8 Å². The Morgan fingerprint density at radius 3 is 2.82 bits per heavy atom. The molecule has 0 radical (unpaired) electrons. The highest BCUT2D eigenvalue weighted by Crippen LogP contribution is 2.48. The van der Waals surface area contributed by atoms with Crippen LogP contribution in [0.4, 0.5) is 16.0 Å². The molecule has 1 saturated heterocycles. The van der Waals surface area contributed by atoms with E-state index < -0.39 is 29.4 Å². The molecule has 1 saturated carbocycles. The molecule has 1 aromatic carbocycles. The van der Waals surface area contributed by atoms with E-state index in [0.717, 1.165) is 24.5 Å². The fourth-order valence-electron chi connectivity index (χ4n) is 4.85. The van der Waals surface area contributed by atoms with Crippen molar-refractivity contribution in [3.8, 4) is 0 Å². The lowest BCUT2D eigenvalue weighted by atomic mass is 9.90. The number of aromatic nitrogens is 2. The first kappa shape index (κ1) is 22.0. The molecule has 2 aromatic rings. The van der Waals surface area contributed by atoms with Crippen molar-refractivity contribution in [1.29, 1.82) is 0 Å². The van der Waals surface area contributed by atoms with E-state index in [1.165, 1.54) is 18.5 Å². The van der Waals surface area contributed by atoms with E-state index in [1.54, 1.807) is 4.90 Å². The Balaban J connectivity index is 1.42. The number of piperazine rings is 1. The van der Waals surface area contributed by atoms with Gasteiger partial charge in [-0.15, -0.1) is 0 Å². The van der Waals surface area contributed by atoms with Crippen molar-refractivity contribution in [1.82, 2.24) is 14.9 Å². The maximum absolute atomic E-state index is 14.1. The predicted octanol–water partition coefficient (Wildman–Crippen LogP) is 1.35. The number of nitrogens with one attached hydrogen (secondary N) is 1. The van der Waals surface area contributed by atoms with Crippen LogP contribution in [0.3, 0.4) is 0 Å². The molecule has 33 heavy (non-hydrogen) atoms. The molecule has 0 bridgehead atoms. The minimum absolute atomic E-state index is 0.0714. The number of aliphatic hydroxyl groups is 1. The molecule has 2 aliphatic heterocycles. The van der Waals surface area contributed by atoms with E-state index in [4.69, 9.17) is 17.3 Å². The highest BCUT2D eigenvalue weighted by atomic mass is 35.5. The third kappa shape index (κ3) is 3.35. The zero-order valence-electron chi connectivity index (χ0n) is 18.0. The first-order valence-corrected chi connectivity index (χ1v) is 11.2. The van der Waals surface area contributed by atoms with Crippen LogP contribution in [0, 0.1) is 5.82 Å². The number of amides is 2. The van der Waals surface area contributed by atoms with Crippen LogP contribution >= 0.6 is 11.6 Å². The van der Waals surface area contributed by atoms with Gasteiger partial charge >= 0.3 is 0 Å². The summed E-state index contributed by atoms with van der Waals surface area (Å²) in [6.07, 6.45) is 2.93. The van der Waals surface area contributed by atoms with Crippen LogP contribution in [0.5, 0.6) is 0 Å². The molecule has 5 rings (SSSR count). The molecule has 2 fully saturated rings. The molecule has 2 amide bonds. The summed E-state index contributed by atoms with van der Waals surface area (Å²) in [5.74, 6) is -0.573. The number of anilines is 2. The zero-order valence-corrected chi connectivity index (χ0v) is 18.8. The summed E-state index contributed by atoms with van der Waals surface area (Å²) in [6, 6.07) is 3.78. The Morgan fingerprint density at radius 2 is 2.15 bits per heavy atom. The fourth-order valence-corrected chi connectivity index (χ4v) is 4.96. The molecule has 1 spiro atoms. The maximum atomic E-state index is 14.1. The highest BCUT2D eigenvalue weighted by Gasteiger charge is 2.57. The van der Waals surface area contributed by atoms with Crippen LogP contribution in [-0.4, -0.2) is 63.5 Å². The van der Waals surface area contributed by atoms with Gasteiger partial charge in [0, 0.05) is 31.7 Å². The van der Waals surface area contributed by atoms with Gasteiger partial charge in [-0.1, -0.05) is 17.7 Å². The number of fused-ring (bicyclic) bond motifs is 1. The van der Waals surface area contributed by atoms with E-state index in [1.807, 2.05) is 6.92 Å². The third-order valence-corrected chi connectivity index (χ3v) is 7.31. The van der Waals surface area contributed by atoms with Gasteiger partial charge in [-0.05, 0) is 37.5 Å². The van der Waals surface area contributed by atoms with Crippen molar-refractivity contribution in [2.45, 2.75) is 36.8 Å². The van der Waals surface area contributed by atoms with Gasteiger partial charge in [0.2, 0.25) is 5.91 Å². The first-order chi connectivity index (χ1) is 15.7. The van der Waals surface area contributed by atoms with Crippen LogP contribution in [0.25, 0.3) is 0 Å². The molecule has 2 atom stereocenters. The largest absolute Gasteiger partial charge is 0.374 e. The number of carbonyl (C=O) groups is 2. The SMILES string of the molecule is CC1C(=O)Nc2ncnc(N3CCN(C(=O)[C@](O)(CN)c4ccc(Cl)c(F)c4)C4(CC4)C3)c21. The van der Waals surface area contributed by atoms with Gasteiger partial charge in [-0.25, -0.2) is 14.4 Å². The fraction of sp³-hybridized carbons (Fsp3) is 0.455. The average Bonchev–Trinajstić information content (AvgIpc) is 3.51. The van der Waals surface area contributed by atoms with Gasteiger partial charge in [-0.3, -0.25) is 9.59 Å². The summed E-state index contributed by atoms with van der Waals surface area (Å²) in [7, 11) is 0. The Kier molecular flexibility index (Phi) is 5.07. The van der Waals surface area contributed by atoms with Crippen molar-refractivity contribution in [3.63, 3.8) is 0 Å². The minimum atomic E-state index is -2.07. The number of carbonyl (C=O) groups excluding carboxylic acids is 2. The lowest BCUT2D eigenvalue weighted by Crippen LogP contribution is -2.62. The van der Waals surface area contributed by atoms with Crippen LogP contribution in [0.2, 0.25) is 5.02 Å². The lowest BCUT2D eigenvalue weighted by Gasteiger charge is -2.45. The smallest absolute Gasteiger partial charge is 0.261 e. The number of hydrogen-bond donors (Lipinski definition) is 3. The van der Waals surface area contributed by atoms with E-state index in [0.29, 0.717) is 31.3 Å². The van der Waals surface area contributed by atoms with Crippen LogP contribution in [-0.2, 0) is 15.2 Å². The summed E-state index contributed by atoms with van der Waals surface area (Å²) in [5, 5.41) is 13.9. The van der Waals surface area contributed by atoms with E-state index >= 15 is 0 Å². The van der Waals surface area contributed by atoms with Gasteiger partial charge < -0.3 is 26.0 Å². The number of halogens is 2. The number of nitrogens with two attached hydrogens (primary N) is 1. The van der Waals surface area contributed by atoms with Gasteiger partial charge in [0.15, 0.2) is 5.60 Å². The molecule has 3 aliphatic rings.